The Morgan fingerprint density at radius 2 is 1.90 bits per heavy atom. The largest absolute Gasteiger partial charge is 0.355 e. The monoisotopic (exact) mass is 418 g/mol. The molecule has 3 aromatic rings. The molecule has 0 radical (unpaired) electrons. The number of carbonyl (C=O) groups excluding carboxylic acids is 1. The zero-order chi connectivity index (χ0) is 20.6. The van der Waals surface area contributed by atoms with Crippen LogP contribution in [0.25, 0.3) is 11.0 Å². The number of nitrogens with zero attached hydrogens (tertiary/aromatic N) is 3. The maximum atomic E-state index is 12.9. The maximum Gasteiger partial charge on any atom is 0.291 e. The lowest BCUT2D eigenvalue weighted by molar-refractivity contribution is -0.121. The summed E-state index contributed by atoms with van der Waals surface area (Å²) in [7, 11) is 2.04. The number of benzene rings is 2. The molecule has 5 nitrogen and oxygen atoms in total. The summed E-state index contributed by atoms with van der Waals surface area (Å²) in [6.07, 6.45) is 0.804. The van der Waals surface area contributed by atoms with Crippen LogP contribution in [0.3, 0.4) is 0 Å². The van der Waals surface area contributed by atoms with Gasteiger partial charge in [0.25, 0.3) is 5.76 Å². The number of hydrogen-bond acceptors (Lipinski definition) is 4. The third-order valence-corrected chi connectivity index (χ3v) is 5.15. The van der Waals surface area contributed by atoms with E-state index in [4.69, 9.17) is 0 Å². The van der Waals surface area contributed by atoms with Crippen LogP contribution in [0.1, 0.15) is 12.0 Å². The third kappa shape index (κ3) is 6.27. The Morgan fingerprint density at radius 1 is 1.17 bits per heavy atom. The van der Waals surface area contributed by atoms with Gasteiger partial charge in [-0.25, -0.2) is 4.98 Å². The number of thioether (sulfide) groups is 1. The first kappa shape index (κ1) is 21.3. The van der Waals surface area contributed by atoms with Crippen LogP contribution in [0.4, 0.5) is 8.78 Å². The SMILES string of the molecule is CN(CCCNC(=O)Cn1c(SC(F)F)nc2ccccc21)Cc1ccccc1. The van der Waals surface area contributed by atoms with Gasteiger partial charge in [0.15, 0.2) is 5.16 Å². The molecule has 29 heavy (non-hydrogen) atoms. The lowest BCUT2D eigenvalue weighted by atomic mass is 10.2. The molecule has 8 heteroatoms. The standard InChI is InChI=1S/C21H24F2N4OS/c1-26(14-16-8-3-2-4-9-16)13-7-12-24-19(28)15-27-18-11-6-5-10-17(18)25-21(27)29-20(22)23/h2-6,8-11,20H,7,12-15H2,1H3,(H,24,28). The molecule has 0 saturated heterocycles. The van der Waals surface area contributed by atoms with Crippen molar-refractivity contribution in [2.75, 3.05) is 20.1 Å². The Labute approximate surface area is 173 Å². The van der Waals surface area contributed by atoms with Gasteiger partial charge in [-0.1, -0.05) is 42.5 Å². The van der Waals surface area contributed by atoms with E-state index in [0.29, 0.717) is 29.3 Å². The lowest BCUT2D eigenvalue weighted by Crippen LogP contribution is -2.30. The number of carbonyl (C=O) groups is 1. The molecule has 3 rings (SSSR count). The molecule has 0 saturated carbocycles. The number of fused-ring (bicyclic) bond motifs is 1. The van der Waals surface area contributed by atoms with Crippen molar-refractivity contribution in [1.82, 2.24) is 19.8 Å². The van der Waals surface area contributed by atoms with Crippen molar-refractivity contribution in [3.05, 3.63) is 60.2 Å². The highest BCUT2D eigenvalue weighted by Crippen LogP contribution is 2.28. The quantitative estimate of drug-likeness (QED) is 0.400. The molecular weight excluding hydrogens is 394 g/mol. The fourth-order valence-corrected chi connectivity index (χ4v) is 3.73. The van der Waals surface area contributed by atoms with Crippen LogP contribution in [-0.2, 0) is 17.9 Å². The number of aromatic nitrogens is 2. The van der Waals surface area contributed by atoms with Crippen LogP contribution in [0.15, 0.2) is 59.8 Å². The third-order valence-electron chi connectivity index (χ3n) is 4.45. The topological polar surface area (TPSA) is 50.2 Å². The number of para-hydroxylation sites is 2. The number of rotatable bonds is 10. The minimum atomic E-state index is -2.59. The molecule has 0 bridgehead atoms. The zero-order valence-corrected chi connectivity index (χ0v) is 17.0. The molecule has 1 heterocycles. The summed E-state index contributed by atoms with van der Waals surface area (Å²) in [6.45, 7) is 2.19. The fourth-order valence-electron chi connectivity index (χ4n) is 3.13. The fraction of sp³-hybridized carbons (Fsp3) is 0.333. The first-order valence-electron chi connectivity index (χ1n) is 9.42. The maximum absolute atomic E-state index is 12.9. The number of alkyl halides is 2. The van der Waals surface area contributed by atoms with Crippen molar-refractivity contribution in [3.63, 3.8) is 0 Å². The molecule has 0 spiro atoms. The average molecular weight is 419 g/mol. The molecule has 0 aliphatic heterocycles. The van der Waals surface area contributed by atoms with Crippen LogP contribution in [0.2, 0.25) is 0 Å². The molecule has 0 atom stereocenters. The summed E-state index contributed by atoms with van der Waals surface area (Å²) >= 11 is 0.358. The molecule has 1 amide bonds. The van der Waals surface area contributed by atoms with Gasteiger partial charge in [0, 0.05) is 13.1 Å². The molecule has 0 unspecified atom stereocenters. The lowest BCUT2D eigenvalue weighted by Gasteiger charge is -2.17. The van der Waals surface area contributed by atoms with Gasteiger partial charge in [0.05, 0.1) is 11.0 Å². The van der Waals surface area contributed by atoms with E-state index >= 15 is 0 Å². The summed E-state index contributed by atoms with van der Waals surface area (Å²) in [4.78, 5) is 18.8. The van der Waals surface area contributed by atoms with Crippen LogP contribution in [0, 0.1) is 0 Å². The summed E-state index contributed by atoms with van der Waals surface area (Å²) in [5.41, 5.74) is 2.52. The first-order valence-corrected chi connectivity index (χ1v) is 10.3. The molecule has 154 valence electrons. The van der Waals surface area contributed by atoms with Crippen molar-refractivity contribution in [1.29, 1.82) is 0 Å². The van der Waals surface area contributed by atoms with Crippen molar-refractivity contribution in [3.8, 4) is 0 Å². The summed E-state index contributed by atoms with van der Waals surface area (Å²) < 4.78 is 27.2. The minimum Gasteiger partial charge on any atom is -0.355 e. The van der Waals surface area contributed by atoms with E-state index in [0.717, 1.165) is 19.5 Å². The average Bonchev–Trinajstić information content (AvgIpc) is 3.02. The first-order chi connectivity index (χ1) is 14.0. The van der Waals surface area contributed by atoms with Gasteiger partial charge in [-0.15, -0.1) is 0 Å². The summed E-state index contributed by atoms with van der Waals surface area (Å²) in [5.74, 6) is -2.80. The predicted molar refractivity (Wildman–Crippen MR) is 112 cm³/mol. The minimum absolute atomic E-state index is 0.0323. The molecule has 1 aromatic heterocycles. The van der Waals surface area contributed by atoms with Gasteiger partial charge in [-0.2, -0.15) is 8.78 Å². The normalized spacial score (nSPS) is 11.5. The molecular formula is C21H24F2N4OS. The smallest absolute Gasteiger partial charge is 0.291 e. The van der Waals surface area contributed by atoms with Gasteiger partial charge in [0.1, 0.15) is 6.54 Å². The van der Waals surface area contributed by atoms with E-state index in [1.807, 2.05) is 25.2 Å². The van der Waals surface area contributed by atoms with Gasteiger partial charge in [-0.05, 0) is 49.5 Å². The van der Waals surface area contributed by atoms with E-state index in [2.05, 4.69) is 27.3 Å². The van der Waals surface area contributed by atoms with Crippen LogP contribution in [-0.4, -0.2) is 46.3 Å². The number of nitrogens with one attached hydrogen (secondary N) is 1. The van der Waals surface area contributed by atoms with E-state index in [9.17, 15) is 13.6 Å². The highest BCUT2D eigenvalue weighted by Gasteiger charge is 2.17. The van der Waals surface area contributed by atoms with Crippen molar-refractivity contribution < 1.29 is 13.6 Å². The number of amides is 1. The molecule has 0 aliphatic carbocycles. The number of halogens is 2. The van der Waals surface area contributed by atoms with Crippen LogP contribution in [0.5, 0.6) is 0 Å². The van der Waals surface area contributed by atoms with E-state index in [-0.39, 0.29) is 17.6 Å². The van der Waals surface area contributed by atoms with Crippen molar-refractivity contribution >= 4 is 28.7 Å². The second kappa shape index (κ2) is 10.4. The highest BCUT2D eigenvalue weighted by molar-refractivity contribution is 7.99. The Morgan fingerprint density at radius 3 is 2.66 bits per heavy atom. The number of hydrogen-bond donors (Lipinski definition) is 1. The van der Waals surface area contributed by atoms with Crippen LogP contribution < -0.4 is 5.32 Å². The van der Waals surface area contributed by atoms with Crippen molar-refractivity contribution in [2.45, 2.75) is 30.4 Å². The predicted octanol–water partition coefficient (Wildman–Crippen LogP) is 3.99. The second-order valence-electron chi connectivity index (χ2n) is 6.77. The summed E-state index contributed by atoms with van der Waals surface area (Å²) in [5, 5.41) is 3.03. The van der Waals surface area contributed by atoms with Gasteiger partial charge in [0.2, 0.25) is 5.91 Å². The zero-order valence-electron chi connectivity index (χ0n) is 16.2. The Bertz CT molecular complexity index is 933. The Hall–Kier alpha value is -2.45. The van der Waals surface area contributed by atoms with Crippen molar-refractivity contribution in [2.24, 2.45) is 0 Å². The second-order valence-corrected chi connectivity index (χ2v) is 7.73. The Kier molecular flexibility index (Phi) is 7.60. The highest BCUT2D eigenvalue weighted by atomic mass is 32.2. The van der Waals surface area contributed by atoms with Crippen LogP contribution >= 0.6 is 11.8 Å². The summed E-state index contributed by atoms with van der Waals surface area (Å²) in [6, 6.07) is 17.3. The van der Waals surface area contributed by atoms with E-state index in [1.54, 1.807) is 28.8 Å². The van der Waals surface area contributed by atoms with Gasteiger partial charge >= 0.3 is 0 Å². The van der Waals surface area contributed by atoms with E-state index < -0.39 is 5.76 Å². The molecule has 0 aliphatic rings. The van der Waals surface area contributed by atoms with E-state index in [1.165, 1.54) is 5.56 Å². The molecule has 1 N–H and O–H groups in total. The van der Waals surface area contributed by atoms with Gasteiger partial charge in [-0.3, -0.25) is 4.79 Å². The molecule has 2 aromatic carbocycles. The van der Waals surface area contributed by atoms with Gasteiger partial charge < -0.3 is 14.8 Å². The molecule has 0 fully saturated rings. The number of imidazole rings is 1. The Balaban J connectivity index is 1.49.